The second-order valence-corrected chi connectivity index (χ2v) is 6.53. The number of rotatable bonds is 4. The molecule has 1 aliphatic rings. The fourth-order valence-electron chi connectivity index (χ4n) is 3.14. The first-order chi connectivity index (χ1) is 8.37. The Morgan fingerprint density at radius 2 is 2.00 bits per heavy atom. The number of nitrogens with two attached hydrogens (primary N) is 1. The molecule has 3 heteroatoms. The van der Waals surface area contributed by atoms with Gasteiger partial charge in [-0.25, -0.2) is 0 Å². The van der Waals surface area contributed by atoms with Crippen LogP contribution in [0.5, 0.6) is 0 Å². The van der Waals surface area contributed by atoms with Gasteiger partial charge in [0.25, 0.3) is 0 Å². The topological polar surface area (TPSA) is 32.5 Å². The van der Waals surface area contributed by atoms with Crippen LogP contribution in [0.2, 0.25) is 0 Å². The van der Waals surface area contributed by atoms with E-state index in [0.29, 0.717) is 5.41 Å². The van der Waals surface area contributed by atoms with Gasteiger partial charge in [0.15, 0.2) is 0 Å². The maximum atomic E-state index is 6.04. The molecular formula is C15H25N3. The Morgan fingerprint density at radius 3 is 2.61 bits per heavy atom. The van der Waals surface area contributed by atoms with Crippen molar-refractivity contribution in [2.24, 2.45) is 5.41 Å². The normalized spacial score (nSPS) is 16.3. The van der Waals surface area contributed by atoms with Crippen molar-refractivity contribution in [2.45, 2.75) is 26.9 Å². The van der Waals surface area contributed by atoms with Gasteiger partial charge in [-0.2, -0.15) is 0 Å². The van der Waals surface area contributed by atoms with Gasteiger partial charge in [0.1, 0.15) is 0 Å². The second-order valence-electron chi connectivity index (χ2n) is 6.53. The van der Waals surface area contributed by atoms with Crippen LogP contribution in [-0.2, 0) is 13.1 Å². The Morgan fingerprint density at radius 1 is 1.28 bits per heavy atom. The Kier molecular flexibility index (Phi) is 3.64. The number of nitrogen functional groups attached to an aromatic ring is 1. The molecule has 0 saturated heterocycles. The third kappa shape index (κ3) is 3.03. The van der Waals surface area contributed by atoms with Crippen LogP contribution < -0.4 is 5.73 Å². The minimum absolute atomic E-state index is 0.306. The molecular weight excluding hydrogens is 222 g/mol. The molecule has 3 nitrogen and oxygen atoms in total. The van der Waals surface area contributed by atoms with E-state index in [4.69, 9.17) is 5.73 Å². The molecule has 1 aromatic carbocycles. The molecule has 0 amide bonds. The number of nitrogens with zero attached hydrogens (tertiary/aromatic N) is 2. The summed E-state index contributed by atoms with van der Waals surface area (Å²) in [7, 11) is 4.27. The minimum Gasteiger partial charge on any atom is -0.398 e. The highest BCUT2D eigenvalue weighted by Gasteiger charge is 2.27. The molecule has 0 aliphatic carbocycles. The lowest BCUT2D eigenvalue weighted by Gasteiger charge is -2.32. The summed E-state index contributed by atoms with van der Waals surface area (Å²) in [6.07, 6.45) is 0. The van der Waals surface area contributed by atoms with Crippen molar-refractivity contribution in [3.63, 3.8) is 0 Å². The van der Waals surface area contributed by atoms with Crippen molar-refractivity contribution in [3.05, 3.63) is 29.3 Å². The predicted octanol–water partition coefficient (Wildman–Crippen LogP) is 2.17. The van der Waals surface area contributed by atoms with Crippen LogP contribution >= 0.6 is 0 Å². The van der Waals surface area contributed by atoms with Gasteiger partial charge < -0.3 is 10.6 Å². The van der Waals surface area contributed by atoms with E-state index < -0.39 is 0 Å². The molecule has 0 spiro atoms. The highest BCUT2D eigenvalue weighted by atomic mass is 15.2. The van der Waals surface area contributed by atoms with Crippen LogP contribution in [0.4, 0.5) is 5.69 Å². The fourth-order valence-corrected chi connectivity index (χ4v) is 3.14. The molecule has 1 aromatic rings. The average molecular weight is 247 g/mol. The summed E-state index contributed by atoms with van der Waals surface area (Å²) in [5, 5.41) is 0. The number of fused-ring (bicyclic) bond motifs is 1. The van der Waals surface area contributed by atoms with Crippen molar-refractivity contribution in [1.29, 1.82) is 0 Å². The first kappa shape index (κ1) is 13.4. The van der Waals surface area contributed by atoms with Gasteiger partial charge in [-0.15, -0.1) is 0 Å². The smallest absolute Gasteiger partial charge is 0.0363 e. The fraction of sp³-hybridized carbons (Fsp3) is 0.600. The van der Waals surface area contributed by atoms with Crippen molar-refractivity contribution in [1.82, 2.24) is 9.80 Å². The molecule has 0 aromatic heterocycles. The summed E-state index contributed by atoms with van der Waals surface area (Å²) >= 11 is 0. The molecule has 18 heavy (non-hydrogen) atoms. The van der Waals surface area contributed by atoms with E-state index >= 15 is 0 Å². The van der Waals surface area contributed by atoms with E-state index in [1.165, 1.54) is 11.1 Å². The lowest BCUT2D eigenvalue weighted by Crippen LogP contribution is -2.38. The van der Waals surface area contributed by atoms with Gasteiger partial charge in [-0.1, -0.05) is 26.0 Å². The van der Waals surface area contributed by atoms with Crippen molar-refractivity contribution >= 4 is 5.69 Å². The Balaban J connectivity index is 2.01. The van der Waals surface area contributed by atoms with Crippen LogP contribution in [0.1, 0.15) is 25.0 Å². The highest BCUT2D eigenvalue weighted by Crippen LogP contribution is 2.30. The number of anilines is 1. The molecule has 1 heterocycles. The molecule has 0 fully saturated rings. The zero-order valence-electron chi connectivity index (χ0n) is 12.0. The standard InChI is InChI=1S/C15H25N3/c1-15(2,10-17(3)4)11-18-8-12-6-5-7-14(16)13(12)9-18/h5-7H,8-11,16H2,1-4H3. The van der Waals surface area contributed by atoms with Gasteiger partial charge in [0, 0.05) is 31.9 Å². The van der Waals surface area contributed by atoms with Crippen molar-refractivity contribution in [3.8, 4) is 0 Å². The lowest BCUT2D eigenvalue weighted by molar-refractivity contribution is 0.144. The van der Waals surface area contributed by atoms with Crippen LogP contribution in [0, 0.1) is 5.41 Å². The Hall–Kier alpha value is -1.06. The van der Waals surface area contributed by atoms with Gasteiger partial charge >= 0.3 is 0 Å². The molecule has 0 bridgehead atoms. The summed E-state index contributed by atoms with van der Waals surface area (Å²) in [5.41, 5.74) is 10.0. The molecule has 0 radical (unpaired) electrons. The SMILES string of the molecule is CN(C)CC(C)(C)CN1Cc2cccc(N)c2C1. The van der Waals surface area contributed by atoms with Crippen LogP contribution in [0.3, 0.4) is 0 Å². The number of hydrogen-bond donors (Lipinski definition) is 1. The lowest BCUT2D eigenvalue weighted by atomic mass is 9.92. The van der Waals surface area contributed by atoms with E-state index in [9.17, 15) is 0 Å². The molecule has 1 aliphatic heterocycles. The van der Waals surface area contributed by atoms with Gasteiger partial charge in [-0.05, 0) is 36.7 Å². The van der Waals surface area contributed by atoms with Gasteiger partial charge in [-0.3, -0.25) is 4.90 Å². The monoisotopic (exact) mass is 247 g/mol. The van der Waals surface area contributed by atoms with Crippen molar-refractivity contribution < 1.29 is 0 Å². The summed E-state index contributed by atoms with van der Waals surface area (Å²) in [5.74, 6) is 0. The van der Waals surface area contributed by atoms with Gasteiger partial charge in [0.05, 0.1) is 0 Å². The molecule has 0 unspecified atom stereocenters. The zero-order chi connectivity index (χ0) is 13.3. The third-order valence-corrected chi connectivity index (χ3v) is 3.48. The largest absolute Gasteiger partial charge is 0.398 e. The summed E-state index contributed by atoms with van der Waals surface area (Å²) in [6, 6.07) is 6.26. The van der Waals surface area contributed by atoms with E-state index in [-0.39, 0.29) is 0 Å². The Bertz CT molecular complexity index is 424. The molecule has 2 N–H and O–H groups in total. The number of benzene rings is 1. The van der Waals surface area contributed by atoms with E-state index in [1.807, 2.05) is 6.07 Å². The summed E-state index contributed by atoms with van der Waals surface area (Å²) < 4.78 is 0. The van der Waals surface area contributed by atoms with E-state index in [1.54, 1.807) is 0 Å². The zero-order valence-corrected chi connectivity index (χ0v) is 12.0. The maximum Gasteiger partial charge on any atom is 0.0363 e. The summed E-state index contributed by atoms with van der Waals surface area (Å²) in [4.78, 5) is 4.77. The first-order valence-corrected chi connectivity index (χ1v) is 6.61. The minimum atomic E-state index is 0.306. The quantitative estimate of drug-likeness (QED) is 0.828. The highest BCUT2D eigenvalue weighted by molar-refractivity contribution is 5.52. The number of hydrogen-bond acceptors (Lipinski definition) is 3. The van der Waals surface area contributed by atoms with Gasteiger partial charge in [0.2, 0.25) is 0 Å². The summed E-state index contributed by atoms with van der Waals surface area (Å²) in [6.45, 7) is 8.92. The second kappa shape index (κ2) is 4.90. The van der Waals surface area contributed by atoms with Crippen molar-refractivity contribution in [2.75, 3.05) is 32.9 Å². The molecule has 100 valence electrons. The van der Waals surface area contributed by atoms with Crippen LogP contribution in [0.25, 0.3) is 0 Å². The predicted molar refractivity (Wildman–Crippen MR) is 77.3 cm³/mol. The maximum absolute atomic E-state index is 6.04. The Labute approximate surface area is 111 Å². The molecule has 0 atom stereocenters. The molecule has 0 saturated carbocycles. The average Bonchev–Trinajstić information content (AvgIpc) is 2.58. The third-order valence-electron chi connectivity index (χ3n) is 3.48. The molecule has 2 rings (SSSR count). The van der Waals surface area contributed by atoms with E-state index in [2.05, 4.69) is 49.9 Å². The van der Waals surface area contributed by atoms with E-state index in [0.717, 1.165) is 31.9 Å². The first-order valence-electron chi connectivity index (χ1n) is 6.61. The van der Waals surface area contributed by atoms with Crippen LogP contribution in [-0.4, -0.2) is 37.0 Å². The van der Waals surface area contributed by atoms with Crippen LogP contribution in [0.15, 0.2) is 18.2 Å².